The zero-order valence-corrected chi connectivity index (χ0v) is 13.7. The van der Waals surface area contributed by atoms with Gasteiger partial charge in [0.05, 0.1) is 0 Å². The summed E-state index contributed by atoms with van der Waals surface area (Å²) >= 11 is 0. The van der Waals surface area contributed by atoms with E-state index in [1.54, 1.807) is 36.5 Å². The minimum atomic E-state index is -1.51. The number of rotatable bonds is 6. The van der Waals surface area contributed by atoms with Gasteiger partial charge >= 0.3 is 0 Å². The molecular weight excluding hydrogens is 306 g/mol. The van der Waals surface area contributed by atoms with Crippen LogP contribution in [0.4, 0.5) is 11.5 Å². The van der Waals surface area contributed by atoms with E-state index < -0.39 is 11.5 Å². The number of benzene rings is 1. The monoisotopic (exact) mass is 327 g/mol. The van der Waals surface area contributed by atoms with Crippen molar-refractivity contribution in [2.75, 3.05) is 10.6 Å². The molecule has 0 bridgehead atoms. The highest BCUT2D eigenvalue weighted by molar-refractivity contribution is 5.96. The van der Waals surface area contributed by atoms with Gasteiger partial charge in [0.25, 0.3) is 5.91 Å². The van der Waals surface area contributed by atoms with Gasteiger partial charge in [-0.25, -0.2) is 4.98 Å². The van der Waals surface area contributed by atoms with Gasteiger partial charge in [0.1, 0.15) is 11.4 Å². The fourth-order valence-electron chi connectivity index (χ4n) is 2.15. The topological polar surface area (TPSA) is 91.3 Å². The summed E-state index contributed by atoms with van der Waals surface area (Å²) in [5.41, 5.74) is 0.175. The highest BCUT2D eigenvalue weighted by Gasteiger charge is 2.30. The molecule has 3 N–H and O–H groups in total. The van der Waals surface area contributed by atoms with Crippen molar-refractivity contribution in [2.45, 2.75) is 32.3 Å². The van der Waals surface area contributed by atoms with Gasteiger partial charge in [0.2, 0.25) is 5.91 Å². The summed E-state index contributed by atoms with van der Waals surface area (Å²) < 4.78 is 0. The minimum absolute atomic E-state index is 0.128. The van der Waals surface area contributed by atoms with Gasteiger partial charge in [-0.2, -0.15) is 0 Å². The molecule has 0 aliphatic rings. The number of aliphatic hydroxyl groups is 1. The highest BCUT2D eigenvalue weighted by atomic mass is 16.3. The zero-order chi connectivity index (χ0) is 17.6. The first kappa shape index (κ1) is 17.6. The van der Waals surface area contributed by atoms with Crippen LogP contribution in [0, 0.1) is 0 Å². The van der Waals surface area contributed by atoms with Crippen molar-refractivity contribution in [3.8, 4) is 0 Å². The lowest BCUT2D eigenvalue weighted by atomic mass is 9.96. The lowest BCUT2D eigenvalue weighted by molar-refractivity contribution is -0.132. The van der Waals surface area contributed by atoms with Gasteiger partial charge in [0, 0.05) is 18.8 Å². The first-order chi connectivity index (χ1) is 11.4. The first-order valence-corrected chi connectivity index (χ1v) is 7.68. The predicted octanol–water partition coefficient (Wildman–Crippen LogP) is 2.36. The van der Waals surface area contributed by atoms with Crippen LogP contribution in [-0.2, 0) is 16.0 Å². The summed E-state index contributed by atoms with van der Waals surface area (Å²) in [6.45, 7) is 2.93. The minimum Gasteiger partial charge on any atom is -0.380 e. The molecule has 0 radical (unpaired) electrons. The molecule has 1 aromatic carbocycles. The Morgan fingerprint density at radius 1 is 1.12 bits per heavy atom. The van der Waals surface area contributed by atoms with Crippen LogP contribution in [0.2, 0.25) is 0 Å². The molecular formula is C18H21N3O3. The Labute approximate surface area is 140 Å². The lowest BCUT2D eigenvalue weighted by Gasteiger charge is -2.22. The molecule has 24 heavy (non-hydrogen) atoms. The van der Waals surface area contributed by atoms with E-state index in [1.165, 1.54) is 13.8 Å². The van der Waals surface area contributed by atoms with Crippen LogP contribution in [0.5, 0.6) is 0 Å². The number of carbonyl (C=O) groups is 2. The average molecular weight is 327 g/mol. The normalized spacial score (nSPS) is 13.0. The van der Waals surface area contributed by atoms with E-state index in [4.69, 9.17) is 0 Å². The van der Waals surface area contributed by atoms with Gasteiger partial charge < -0.3 is 15.7 Å². The zero-order valence-electron chi connectivity index (χ0n) is 13.7. The van der Waals surface area contributed by atoms with Crippen molar-refractivity contribution in [3.05, 3.63) is 54.2 Å². The van der Waals surface area contributed by atoms with Gasteiger partial charge in [-0.3, -0.25) is 9.59 Å². The van der Waals surface area contributed by atoms with Crippen molar-refractivity contribution in [3.63, 3.8) is 0 Å². The standard InChI is InChI=1S/C18H21N3O3/c1-13(22)20-15-8-6-14(7-9-15)10-11-18(2,24)17(23)21-16-5-3-4-12-19-16/h3-9,12,24H,10-11H2,1-2H3,(H,20,22)(H,19,21,23)/t18-/m0/s1. The Kier molecular flexibility index (Phi) is 5.65. The molecule has 6 nitrogen and oxygen atoms in total. The fourth-order valence-corrected chi connectivity index (χ4v) is 2.15. The van der Waals surface area contributed by atoms with Gasteiger partial charge in [0.15, 0.2) is 0 Å². The summed E-state index contributed by atoms with van der Waals surface area (Å²) in [4.78, 5) is 27.2. The fraction of sp³-hybridized carbons (Fsp3) is 0.278. The van der Waals surface area contributed by atoms with Crippen molar-refractivity contribution >= 4 is 23.3 Å². The summed E-state index contributed by atoms with van der Waals surface area (Å²) in [6.07, 6.45) is 2.37. The third-order valence-corrected chi connectivity index (χ3v) is 3.57. The highest BCUT2D eigenvalue weighted by Crippen LogP contribution is 2.18. The van der Waals surface area contributed by atoms with E-state index in [9.17, 15) is 14.7 Å². The van der Waals surface area contributed by atoms with E-state index in [1.807, 2.05) is 12.1 Å². The van der Waals surface area contributed by atoms with E-state index in [2.05, 4.69) is 15.6 Å². The maximum Gasteiger partial charge on any atom is 0.257 e. The largest absolute Gasteiger partial charge is 0.380 e. The van der Waals surface area contributed by atoms with Crippen molar-refractivity contribution in [2.24, 2.45) is 0 Å². The number of aryl methyl sites for hydroxylation is 1. The van der Waals surface area contributed by atoms with Crippen LogP contribution in [0.3, 0.4) is 0 Å². The number of nitrogens with zero attached hydrogens (tertiary/aromatic N) is 1. The molecule has 1 atom stereocenters. The average Bonchev–Trinajstić information content (AvgIpc) is 2.54. The molecule has 0 fully saturated rings. The van der Waals surface area contributed by atoms with Gasteiger partial charge in [-0.1, -0.05) is 18.2 Å². The first-order valence-electron chi connectivity index (χ1n) is 7.68. The third kappa shape index (κ3) is 5.17. The number of pyridine rings is 1. The quantitative estimate of drug-likeness (QED) is 0.759. The lowest BCUT2D eigenvalue weighted by Crippen LogP contribution is -2.40. The molecule has 0 saturated carbocycles. The summed E-state index contributed by atoms with van der Waals surface area (Å²) in [5, 5.41) is 15.7. The van der Waals surface area contributed by atoms with Crippen LogP contribution >= 0.6 is 0 Å². The maximum atomic E-state index is 12.2. The number of aromatic nitrogens is 1. The molecule has 2 aromatic rings. The van der Waals surface area contributed by atoms with E-state index >= 15 is 0 Å². The van der Waals surface area contributed by atoms with Crippen molar-refractivity contribution in [1.82, 2.24) is 4.98 Å². The number of hydrogen-bond donors (Lipinski definition) is 3. The number of hydrogen-bond acceptors (Lipinski definition) is 4. The second kappa shape index (κ2) is 7.70. The third-order valence-electron chi connectivity index (χ3n) is 3.57. The molecule has 126 valence electrons. The van der Waals surface area contributed by atoms with Crippen molar-refractivity contribution in [1.29, 1.82) is 0 Å². The molecule has 0 saturated heterocycles. The smallest absolute Gasteiger partial charge is 0.257 e. The molecule has 1 heterocycles. The van der Waals surface area contributed by atoms with Crippen LogP contribution in [0.15, 0.2) is 48.7 Å². The number of amides is 2. The summed E-state index contributed by atoms with van der Waals surface area (Å²) in [7, 11) is 0. The molecule has 1 aromatic heterocycles. The number of nitrogens with one attached hydrogen (secondary N) is 2. The van der Waals surface area contributed by atoms with Gasteiger partial charge in [-0.05, 0) is 49.6 Å². The Morgan fingerprint density at radius 3 is 2.42 bits per heavy atom. The number of carbonyl (C=O) groups excluding carboxylic acids is 2. The second-order valence-electron chi connectivity index (χ2n) is 5.82. The van der Waals surface area contributed by atoms with E-state index in [0.717, 1.165) is 5.56 Å². The van der Waals surface area contributed by atoms with E-state index in [0.29, 0.717) is 17.9 Å². The van der Waals surface area contributed by atoms with Gasteiger partial charge in [-0.15, -0.1) is 0 Å². The Hall–Kier alpha value is -2.73. The SMILES string of the molecule is CC(=O)Nc1ccc(CC[C@](C)(O)C(=O)Nc2ccccn2)cc1. The maximum absolute atomic E-state index is 12.2. The van der Waals surface area contributed by atoms with Crippen LogP contribution in [0.25, 0.3) is 0 Å². The summed E-state index contributed by atoms with van der Waals surface area (Å²) in [5.74, 6) is -0.213. The Bertz CT molecular complexity index is 697. The molecule has 0 unspecified atom stereocenters. The molecule has 2 amide bonds. The van der Waals surface area contributed by atoms with E-state index in [-0.39, 0.29) is 12.3 Å². The predicted molar refractivity (Wildman–Crippen MR) is 92.6 cm³/mol. The Balaban J connectivity index is 1.91. The molecule has 2 rings (SSSR count). The van der Waals surface area contributed by atoms with Crippen LogP contribution in [0.1, 0.15) is 25.8 Å². The number of anilines is 2. The van der Waals surface area contributed by atoms with Crippen molar-refractivity contribution < 1.29 is 14.7 Å². The molecule has 6 heteroatoms. The van der Waals surface area contributed by atoms with Crippen LogP contribution < -0.4 is 10.6 Å². The summed E-state index contributed by atoms with van der Waals surface area (Å²) in [6, 6.07) is 12.5. The molecule has 0 aliphatic heterocycles. The second-order valence-corrected chi connectivity index (χ2v) is 5.82. The molecule has 0 spiro atoms. The Morgan fingerprint density at radius 2 is 1.83 bits per heavy atom. The molecule has 0 aliphatic carbocycles. The van der Waals surface area contributed by atoms with Crippen LogP contribution in [-0.4, -0.2) is 27.5 Å².